The van der Waals surface area contributed by atoms with Crippen molar-refractivity contribution in [1.29, 1.82) is 0 Å². The fourth-order valence-corrected chi connectivity index (χ4v) is 9.80. The number of alkyl carbamates (subject to hydrolysis) is 1. The summed E-state index contributed by atoms with van der Waals surface area (Å²) >= 11 is 0. The van der Waals surface area contributed by atoms with Gasteiger partial charge in [-0.25, -0.2) is 73.4 Å². The second kappa shape index (κ2) is 29.9. The molecule has 0 atom stereocenters. The number of carbonyl (C=O) groups is 8. The Kier molecular flexibility index (Phi) is 23.0. The van der Waals surface area contributed by atoms with Crippen LogP contribution in [0.4, 0.5) is 14.4 Å². The van der Waals surface area contributed by atoms with Crippen molar-refractivity contribution in [1.82, 2.24) is 75.0 Å². The maximum Gasteiger partial charge on any atom is 0.410 e. The molecule has 6 heterocycles. The summed E-state index contributed by atoms with van der Waals surface area (Å²) in [5, 5.41) is 10.3. The standard InChI is InChI=1S/C23H30N6O5.C16H23N3O4.C15H21N3O4.C11H15N3O2/c1-6-33-19(31)16-7-10-24-20(26-16)23(8-9-23)27(5)18(30)15-13-25-29-12-11-28(14-17(15)29)21(32)34-22(2,3)4;1-6-22-12(20)11-7-10-17-13(18-11)16(8-9-16)19(5)14(21)23-15(2,3)4;1-5-21-11(19)10-6-9-16-12(17-10)15(7-8-15)18-13(20)22-14(2,3)4;1-3-16-9(15)8-4-7-13-10(14-8)11(12-2)5-6-11/h7,10,13H,6,8-9,11-12,14H2,1-5H3;7,10H,6,8-9H2,1-5H3;6,9H,5,7-8H2,1-4H3,(H,18,20);4,7,12H,3,5-6H2,1-2H3. The topological polar surface area (TPSA) is 356 Å². The highest BCUT2D eigenvalue weighted by atomic mass is 16.6. The van der Waals surface area contributed by atoms with E-state index in [1.54, 1.807) is 95.5 Å². The molecule has 1 aliphatic heterocycles. The summed E-state index contributed by atoms with van der Waals surface area (Å²) in [6.07, 6.45) is 12.5. The normalized spacial score (nSPS) is 16.2. The van der Waals surface area contributed by atoms with E-state index in [9.17, 15) is 38.4 Å². The molecule has 4 fully saturated rings. The van der Waals surface area contributed by atoms with Crippen molar-refractivity contribution in [3.8, 4) is 0 Å². The summed E-state index contributed by atoms with van der Waals surface area (Å²) in [7, 11) is 5.25. The molecule has 5 aromatic rings. The van der Waals surface area contributed by atoms with Gasteiger partial charge in [-0.2, -0.15) is 5.10 Å². The van der Waals surface area contributed by atoms with Crippen LogP contribution in [0.3, 0.4) is 0 Å². The molecule has 5 aromatic heterocycles. The Bertz CT molecular complexity index is 3600. The quantitative estimate of drug-likeness (QED) is 0.0659. The first-order valence-electron chi connectivity index (χ1n) is 31.7. The molecule has 2 N–H and O–H groups in total. The Balaban J connectivity index is 0.000000186. The lowest BCUT2D eigenvalue weighted by molar-refractivity contribution is 0.0174. The highest BCUT2D eigenvalue weighted by molar-refractivity contribution is 5.96. The van der Waals surface area contributed by atoms with Crippen LogP contribution < -0.4 is 10.6 Å². The lowest BCUT2D eigenvalue weighted by Gasteiger charge is -2.31. The number of nitrogens with zero attached hydrogens (tertiary/aromatic N) is 13. The Labute approximate surface area is 552 Å². The fraction of sp³-hybridized carbons (Fsp3) is 0.585. The van der Waals surface area contributed by atoms with Gasteiger partial charge < -0.3 is 53.6 Å². The average Bonchev–Trinajstić information content (AvgIpc) is 1.60. The third-order valence-electron chi connectivity index (χ3n) is 15.4. The monoisotopic (exact) mass is 1320 g/mol. The third-order valence-corrected chi connectivity index (χ3v) is 15.4. The van der Waals surface area contributed by atoms with E-state index in [1.165, 1.54) is 41.7 Å². The summed E-state index contributed by atoms with van der Waals surface area (Å²) in [6.45, 7) is 25.6. The maximum atomic E-state index is 13.6. The Hall–Kier alpha value is -9.35. The molecular weight excluding hydrogens is 1230 g/mol. The minimum absolute atomic E-state index is 0.123. The van der Waals surface area contributed by atoms with Crippen molar-refractivity contribution in [3.63, 3.8) is 0 Å². The lowest BCUT2D eigenvalue weighted by Crippen LogP contribution is -2.43. The zero-order valence-electron chi connectivity index (χ0n) is 57.2. The minimum atomic E-state index is -0.700. The number of carbonyl (C=O) groups excluding carboxylic acids is 8. The molecule has 0 saturated heterocycles. The van der Waals surface area contributed by atoms with Crippen LogP contribution in [0.25, 0.3) is 0 Å². The van der Waals surface area contributed by atoms with E-state index in [2.05, 4.69) is 55.6 Å². The van der Waals surface area contributed by atoms with Gasteiger partial charge in [0.15, 0.2) is 40.2 Å². The first-order valence-corrected chi connectivity index (χ1v) is 31.7. The molecule has 95 heavy (non-hydrogen) atoms. The SMILES string of the molecule is CCOC(=O)c1ccnc(C2(N(C)C(=O)OC(C)(C)C)CC2)n1.CCOC(=O)c1ccnc(C2(N(C)C(=O)c3cnn4c3CN(C(=O)OC(C)(C)C)CC4)CC2)n1.CCOC(=O)c1ccnc(C2(NC(=O)OC(C)(C)C)CC2)n1.CCOC(=O)c1ccnc(C2(NC)CC2)n1. The molecule has 0 unspecified atom stereocenters. The number of hydrogen-bond donors (Lipinski definition) is 2. The van der Waals surface area contributed by atoms with Crippen molar-refractivity contribution in [2.75, 3.05) is 54.1 Å². The predicted octanol–water partition coefficient (Wildman–Crippen LogP) is 7.90. The van der Waals surface area contributed by atoms with Gasteiger partial charge in [0.25, 0.3) is 5.91 Å². The molecule has 5 aliphatic rings. The smallest absolute Gasteiger partial charge is 0.410 e. The number of ether oxygens (including phenoxy) is 7. The van der Waals surface area contributed by atoms with E-state index in [4.69, 9.17) is 33.2 Å². The van der Waals surface area contributed by atoms with Crippen molar-refractivity contribution in [2.45, 2.75) is 193 Å². The first kappa shape index (κ1) is 73.1. The van der Waals surface area contributed by atoms with Crippen LogP contribution in [0.1, 0.15) is 223 Å². The van der Waals surface area contributed by atoms with Crippen LogP contribution in [0.2, 0.25) is 0 Å². The van der Waals surface area contributed by atoms with Crippen molar-refractivity contribution in [2.24, 2.45) is 0 Å². The zero-order valence-corrected chi connectivity index (χ0v) is 57.2. The second-order valence-electron chi connectivity index (χ2n) is 26.1. The number of amides is 4. The minimum Gasteiger partial charge on any atom is -0.461 e. The Morgan fingerprint density at radius 3 is 1.25 bits per heavy atom. The molecule has 514 valence electrons. The highest BCUT2D eigenvalue weighted by Gasteiger charge is 2.55. The van der Waals surface area contributed by atoms with Crippen LogP contribution >= 0.6 is 0 Å². The molecule has 0 bridgehead atoms. The van der Waals surface area contributed by atoms with E-state index < -0.39 is 75.6 Å². The number of rotatable bonds is 17. The van der Waals surface area contributed by atoms with E-state index in [0.717, 1.165) is 25.7 Å². The van der Waals surface area contributed by atoms with Gasteiger partial charge in [-0.3, -0.25) is 14.4 Å². The van der Waals surface area contributed by atoms with Crippen LogP contribution in [0.15, 0.2) is 55.2 Å². The Morgan fingerprint density at radius 2 is 0.884 bits per heavy atom. The molecule has 10 rings (SSSR count). The van der Waals surface area contributed by atoms with Gasteiger partial charge in [0.1, 0.15) is 39.2 Å². The fourth-order valence-electron chi connectivity index (χ4n) is 9.80. The van der Waals surface area contributed by atoms with Gasteiger partial charge in [0, 0.05) is 45.4 Å². The van der Waals surface area contributed by atoms with Gasteiger partial charge in [-0.05, 0) is 173 Å². The number of esters is 4. The number of aromatic nitrogens is 10. The van der Waals surface area contributed by atoms with E-state index in [0.29, 0.717) is 85.6 Å². The van der Waals surface area contributed by atoms with Crippen LogP contribution in [0.5, 0.6) is 0 Å². The highest BCUT2D eigenvalue weighted by Crippen LogP contribution is 2.51. The van der Waals surface area contributed by atoms with Gasteiger partial charge in [0.2, 0.25) is 0 Å². The number of nitrogens with one attached hydrogen (secondary N) is 2. The molecule has 4 saturated carbocycles. The Morgan fingerprint density at radius 1 is 0.505 bits per heavy atom. The summed E-state index contributed by atoms with van der Waals surface area (Å²) in [5.41, 5.74) is -1.89. The summed E-state index contributed by atoms with van der Waals surface area (Å²) < 4.78 is 37.7. The summed E-state index contributed by atoms with van der Waals surface area (Å²) in [4.78, 5) is 136. The van der Waals surface area contributed by atoms with E-state index in [-0.39, 0.29) is 54.9 Å². The number of fused-ring (bicyclic) bond motifs is 1. The molecular formula is C65H89N15O15. The lowest BCUT2D eigenvalue weighted by atomic mass is 10.1. The molecule has 0 aromatic carbocycles. The van der Waals surface area contributed by atoms with Crippen molar-refractivity contribution >= 4 is 48.1 Å². The van der Waals surface area contributed by atoms with Crippen molar-refractivity contribution in [3.05, 3.63) is 113 Å². The van der Waals surface area contributed by atoms with Gasteiger partial charge in [-0.15, -0.1) is 0 Å². The van der Waals surface area contributed by atoms with Crippen molar-refractivity contribution < 1.29 is 71.5 Å². The summed E-state index contributed by atoms with van der Waals surface area (Å²) in [6, 6.07) is 6.07. The first-order chi connectivity index (χ1) is 44.7. The van der Waals surface area contributed by atoms with Crippen LogP contribution in [-0.4, -0.2) is 183 Å². The largest absolute Gasteiger partial charge is 0.461 e. The molecule has 30 heteroatoms. The second-order valence-corrected chi connectivity index (χ2v) is 26.1. The molecule has 0 spiro atoms. The van der Waals surface area contributed by atoms with Crippen LogP contribution in [0, 0.1) is 0 Å². The number of hydrogen-bond acceptors (Lipinski definition) is 25. The average molecular weight is 1320 g/mol. The maximum absolute atomic E-state index is 13.6. The molecule has 30 nitrogen and oxygen atoms in total. The van der Waals surface area contributed by atoms with E-state index >= 15 is 0 Å². The van der Waals surface area contributed by atoms with Gasteiger partial charge >= 0.3 is 42.2 Å². The summed E-state index contributed by atoms with van der Waals surface area (Å²) in [5.74, 6) is -0.214. The molecule has 4 aliphatic carbocycles. The predicted molar refractivity (Wildman–Crippen MR) is 339 cm³/mol. The van der Waals surface area contributed by atoms with Gasteiger partial charge in [-0.1, -0.05) is 0 Å². The zero-order chi connectivity index (χ0) is 69.9. The molecule has 0 radical (unpaired) electrons. The van der Waals surface area contributed by atoms with Gasteiger partial charge in [0.05, 0.1) is 62.5 Å². The molecule has 4 amide bonds. The third kappa shape index (κ3) is 18.7. The van der Waals surface area contributed by atoms with Crippen LogP contribution in [-0.2, 0) is 68.4 Å². The van der Waals surface area contributed by atoms with E-state index in [1.807, 2.05) is 48.6 Å².